The molecule has 5 nitrogen and oxygen atoms in total. The Kier molecular flexibility index (Phi) is 4.98. The quantitative estimate of drug-likeness (QED) is 0.802. The number of hydrogen-bond donors (Lipinski definition) is 3. The van der Waals surface area contributed by atoms with E-state index in [1.807, 2.05) is 0 Å². The normalized spacial score (nSPS) is 18.4. The van der Waals surface area contributed by atoms with Gasteiger partial charge in [-0.2, -0.15) is 0 Å². The van der Waals surface area contributed by atoms with Crippen LogP contribution in [-0.4, -0.2) is 24.4 Å². The van der Waals surface area contributed by atoms with Gasteiger partial charge in [0, 0.05) is 12.6 Å². The van der Waals surface area contributed by atoms with Crippen molar-refractivity contribution in [3.05, 3.63) is 23.2 Å². The molecule has 2 amide bonds. The number of carbonyl (C=O) groups excluding carboxylic acids is 2. The predicted octanol–water partition coefficient (Wildman–Crippen LogP) is 2.38. The van der Waals surface area contributed by atoms with Gasteiger partial charge in [-0.05, 0) is 37.6 Å². The minimum atomic E-state index is -0.177. The lowest BCUT2D eigenvalue weighted by Gasteiger charge is -2.22. The summed E-state index contributed by atoms with van der Waals surface area (Å²) in [7, 11) is 0. The van der Waals surface area contributed by atoms with Crippen molar-refractivity contribution in [1.82, 2.24) is 5.32 Å². The van der Waals surface area contributed by atoms with Gasteiger partial charge in [0.1, 0.15) is 0 Å². The topological polar surface area (TPSA) is 70.2 Å². The van der Waals surface area contributed by atoms with E-state index in [1.165, 1.54) is 6.92 Å². The van der Waals surface area contributed by atoms with E-state index in [1.54, 1.807) is 18.2 Å². The third-order valence-electron chi connectivity index (χ3n) is 3.17. The number of hydrogen-bond acceptors (Lipinski definition) is 3. The van der Waals surface area contributed by atoms with Crippen LogP contribution in [0.3, 0.4) is 0 Å². The Balaban J connectivity index is 2.07. The summed E-state index contributed by atoms with van der Waals surface area (Å²) in [6.07, 6.45) is 2.97. The van der Waals surface area contributed by atoms with E-state index in [0.717, 1.165) is 25.8 Å². The van der Waals surface area contributed by atoms with Gasteiger partial charge in [-0.15, -0.1) is 0 Å². The first-order chi connectivity index (χ1) is 9.56. The van der Waals surface area contributed by atoms with Crippen LogP contribution in [0.5, 0.6) is 0 Å². The second kappa shape index (κ2) is 6.72. The highest BCUT2D eigenvalue weighted by Crippen LogP contribution is 2.26. The van der Waals surface area contributed by atoms with Crippen molar-refractivity contribution in [3.8, 4) is 0 Å². The molecule has 0 aromatic heterocycles. The maximum Gasteiger partial charge on any atom is 0.241 e. The van der Waals surface area contributed by atoms with Gasteiger partial charge < -0.3 is 16.0 Å². The van der Waals surface area contributed by atoms with Gasteiger partial charge in [-0.25, -0.2) is 0 Å². The summed E-state index contributed by atoms with van der Waals surface area (Å²) in [5, 5.41) is 9.10. The lowest BCUT2D eigenvalue weighted by molar-refractivity contribution is -0.118. The first-order valence-electron chi connectivity index (χ1n) is 6.67. The zero-order chi connectivity index (χ0) is 14.5. The van der Waals surface area contributed by atoms with Crippen molar-refractivity contribution < 1.29 is 9.59 Å². The summed E-state index contributed by atoms with van der Waals surface area (Å²) in [6.45, 7) is 2.29. The Morgan fingerprint density at radius 1 is 1.30 bits per heavy atom. The van der Waals surface area contributed by atoms with Crippen LogP contribution in [-0.2, 0) is 9.59 Å². The molecule has 0 bridgehead atoms. The summed E-state index contributed by atoms with van der Waals surface area (Å²) >= 11 is 6.07. The van der Waals surface area contributed by atoms with Crippen LogP contribution in [0.4, 0.5) is 11.4 Å². The van der Waals surface area contributed by atoms with E-state index >= 15 is 0 Å². The monoisotopic (exact) mass is 295 g/mol. The number of carbonyl (C=O) groups is 2. The van der Waals surface area contributed by atoms with Crippen LogP contribution in [0.2, 0.25) is 5.02 Å². The van der Waals surface area contributed by atoms with Gasteiger partial charge in [-0.1, -0.05) is 18.0 Å². The zero-order valence-corrected chi connectivity index (χ0v) is 12.1. The first-order valence-corrected chi connectivity index (χ1v) is 7.05. The average molecular weight is 296 g/mol. The third kappa shape index (κ3) is 3.95. The molecule has 20 heavy (non-hydrogen) atoms. The van der Waals surface area contributed by atoms with Gasteiger partial charge in [-0.3, -0.25) is 9.59 Å². The van der Waals surface area contributed by atoms with E-state index in [4.69, 9.17) is 11.6 Å². The highest BCUT2D eigenvalue weighted by atomic mass is 35.5. The smallest absolute Gasteiger partial charge is 0.241 e. The molecule has 1 aliphatic rings. The molecule has 0 radical (unpaired) electrons. The Morgan fingerprint density at radius 2 is 2.10 bits per heavy atom. The minimum Gasteiger partial charge on any atom is -0.326 e. The van der Waals surface area contributed by atoms with Crippen LogP contribution in [0.1, 0.15) is 26.2 Å². The molecule has 3 N–H and O–H groups in total. The van der Waals surface area contributed by atoms with E-state index in [2.05, 4.69) is 16.0 Å². The van der Waals surface area contributed by atoms with Gasteiger partial charge in [0.2, 0.25) is 11.8 Å². The molecule has 0 aliphatic carbocycles. The second-order valence-electron chi connectivity index (χ2n) is 4.87. The van der Waals surface area contributed by atoms with Crippen molar-refractivity contribution in [2.75, 3.05) is 17.2 Å². The van der Waals surface area contributed by atoms with E-state index in [9.17, 15) is 9.59 Å². The Morgan fingerprint density at radius 3 is 2.75 bits per heavy atom. The van der Waals surface area contributed by atoms with Crippen LogP contribution in [0, 0.1) is 0 Å². The molecule has 1 aromatic carbocycles. The summed E-state index contributed by atoms with van der Waals surface area (Å²) in [5.41, 5.74) is 1.11. The molecule has 6 heteroatoms. The van der Waals surface area contributed by atoms with Crippen molar-refractivity contribution in [2.45, 2.75) is 32.2 Å². The fourth-order valence-corrected chi connectivity index (χ4v) is 2.36. The molecule has 1 aromatic rings. The Bertz CT molecular complexity index is 513. The minimum absolute atomic E-state index is 0.0911. The first kappa shape index (κ1) is 14.8. The van der Waals surface area contributed by atoms with Gasteiger partial charge in [0.25, 0.3) is 0 Å². The number of anilines is 2. The highest BCUT2D eigenvalue weighted by Gasteiger charge is 2.21. The summed E-state index contributed by atoms with van der Waals surface area (Å²) in [4.78, 5) is 23.2. The van der Waals surface area contributed by atoms with E-state index < -0.39 is 0 Å². The maximum atomic E-state index is 12.1. The molecule has 0 saturated carbocycles. The largest absolute Gasteiger partial charge is 0.326 e. The molecule has 1 fully saturated rings. The van der Waals surface area contributed by atoms with Crippen molar-refractivity contribution in [2.24, 2.45) is 0 Å². The number of halogens is 1. The fraction of sp³-hybridized carbons (Fsp3) is 0.429. The zero-order valence-electron chi connectivity index (χ0n) is 11.3. The molecule has 1 unspecified atom stereocenters. The molecular formula is C14H18ClN3O2. The fourth-order valence-electron chi connectivity index (χ4n) is 2.20. The third-order valence-corrected chi connectivity index (χ3v) is 3.50. The standard InChI is InChI=1S/C14H18ClN3O2/c1-9(19)17-10-5-6-11(15)13(8-10)18-14(20)12-4-2-3-7-16-12/h5-6,8,12,16H,2-4,7H2,1H3,(H,17,19)(H,18,20). The van der Waals surface area contributed by atoms with Crippen LogP contribution in [0.25, 0.3) is 0 Å². The van der Waals surface area contributed by atoms with Gasteiger partial charge >= 0.3 is 0 Å². The lowest BCUT2D eigenvalue weighted by Crippen LogP contribution is -2.43. The molecule has 2 rings (SSSR count). The van der Waals surface area contributed by atoms with Crippen LogP contribution >= 0.6 is 11.6 Å². The van der Waals surface area contributed by atoms with Crippen LogP contribution in [0.15, 0.2) is 18.2 Å². The molecule has 1 atom stereocenters. The maximum absolute atomic E-state index is 12.1. The molecule has 1 heterocycles. The Hall–Kier alpha value is -1.59. The molecule has 0 spiro atoms. The summed E-state index contributed by atoms with van der Waals surface area (Å²) in [5.74, 6) is -0.259. The number of rotatable bonds is 3. The predicted molar refractivity (Wildman–Crippen MR) is 80.0 cm³/mol. The number of nitrogens with one attached hydrogen (secondary N) is 3. The highest BCUT2D eigenvalue weighted by molar-refractivity contribution is 6.34. The van der Waals surface area contributed by atoms with Crippen LogP contribution < -0.4 is 16.0 Å². The molecule has 108 valence electrons. The lowest BCUT2D eigenvalue weighted by atomic mass is 10.0. The van der Waals surface area contributed by atoms with E-state index in [-0.39, 0.29) is 17.9 Å². The Labute approximate surface area is 123 Å². The number of piperidine rings is 1. The average Bonchev–Trinajstić information content (AvgIpc) is 2.43. The molecule has 1 saturated heterocycles. The number of amides is 2. The van der Waals surface area contributed by atoms with Gasteiger partial charge in [0.05, 0.1) is 16.8 Å². The second-order valence-corrected chi connectivity index (χ2v) is 5.27. The van der Waals surface area contributed by atoms with E-state index in [0.29, 0.717) is 16.4 Å². The SMILES string of the molecule is CC(=O)Nc1ccc(Cl)c(NC(=O)C2CCCCN2)c1. The van der Waals surface area contributed by atoms with Crippen molar-refractivity contribution in [3.63, 3.8) is 0 Å². The van der Waals surface area contributed by atoms with Crippen molar-refractivity contribution >= 4 is 34.8 Å². The summed E-state index contributed by atoms with van der Waals surface area (Å²) < 4.78 is 0. The van der Waals surface area contributed by atoms with Gasteiger partial charge in [0.15, 0.2) is 0 Å². The molecule has 1 aliphatic heterocycles. The summed E-state index contributed by atoms with van der Waals surface area (Å²) in [6, 6.07) is 4.82. The molecular weight excluding hydrogens is 278 g/mol. The van der Waals surface area contributed by atoms with Crippen molar-refractivity contribution in [1.29, 1.82) is 0 Å². The number of benzene rings is 1.